The molecular weight excluding hydrogens is 264 g/mol. The fourth-order valence-corrected chi connectivity index (χ4v) is 3.13. The van der Waals surface area contributed by atoms with Crippen LogP contribution in [0.3, 0.4) is 0 Å². The second-order valence-corrected chi connectivity index (χ2v) is 5.57. The molecule has 2 atom stereocenters. The maximum atomic E-state index is 4.24. The molecule has 1 fully saturated rings. The van der Waals surface area contributed by atoms with E-state index >= 15 is 0 Å². The highest BCUT2D eigenvalue weighted by molar-refractivity contribution is 9.10. The van der Waals surface area contributed by atoms with E-state index in [1.54, 1.807) is 0 Å². The molecule has 0 radical (unpaired) electrons. The van der Waals surface area contributed by atoms with Crippen molar-refractivity contribution in [2.75, 3.05) is 6.54 Å². The van der Waals surface area contributed by atoms with Crippen molar-refractivity contribution in [3.05, 3.63) is 34.6 Å². The molecule has 0 aromatic carbocycles. The topological polar surface area (TPSA) is 24.9 Å². The molecule has 2 heterocycles. The molecule has 2 nitrogen and oxygen atoms in total. The van der Waals surface area contributed by atoms with Crippen molar-refractivity contribution in [3.63, 3.8) is 0 Å². The smallest absolute Gasteiger partial charge is 0.0410 e. The Morgan fingerprint density at radius 2 is 2.31 bits per heavy atom. The van der Waals surface area contributed by atoms with Crippen LogP contribution in [0.25, 0.3) is 5.57 Å². The Kier molecular flexibility index (Phi) is 2.82. The van der Waals surface area contributed by atoms with Crippen LogP contribution in [0.1, 0.15) is 24.8 Å². The third kappa shape index (κ3) is 1.94. The first-order valence-corrected chi connectivity index (χ1v) is 6.67. The first-order chi connectivity index (χ1) is 7.83. The van der Waals surface area contributed by atoms with E-state index in [9.17, 15) is 0 Å². The minimum Gasteiger partial charge on any atom is -0.313 e. The molecule has 1 saturated heterocycles. The number of piperidine rings is 1. The van der Waals surface area contributed by atoms with Crippen LogP contribution in [0.2, 0.25) is 0 Å². The number of nitrogens with one attached hydrogen (secondary N) is 1. The van der Waals surface area contributed by atoms with Gasteiger partial charge in [0.15, 0.2) is 0 Å². The number of rotatable bonds is 1. The number of halogens is 1. The average Bonchev–Trinajstić information content (AvgIpc) is 2.72. The van der Waals surface area contributed by atoms with E-state index in [0.29, 0.717) is 6.04 Å². The molecule has 1 aromatic heterocycles. The molecule has 1 aliphatic heterocycles. The minimum atomic E-state index is 0.669. The molecule has 0 amide bonds. The maximum absolute atomic E-state index is 4.24. The van der Waals surface area contributed by atoms with Crippen LogP contribution >= 0.6 is 15.9 Å². The van der Waals surface area contributed by atoms with Crippen molar-refractivity contribution < 1.29 is 0 Å². The lowest BCUT2D eigenvalue weighted by atomic mass is 9.94. The Balaban J connectivity index is 1.86. The molecule has 3 heteroatoms. The first kappa shape index (κ1) is 10.5. The molecule has 0 unspecified atom stereocenters. The van der Waals surface area contributed by atoms with Crippen LogP contribution in [0.4, 0.5) is 0 Å². The minimum absolute atomic E-state index is 0.669. The van der Waals surface area contributed by atoms with E-state index in [0.717, 1.165) is 16.8 Å². The van der Waals surface area contributed by atoms with Crippen molar-refractivity contribution in [3.8, 4) is 0 Å². The summed E-state index contributed by atoms with van der Waals surface area (Å²) in [6, 6.07) is 2.83. The zero-order chi connectivity index (χ0) is 11.0. The largest absolute Gasteiger partial charge is 0.313 e. The lowest BCUT2D eigenvalue weighted by Crippen LogP contribution is -2.37. The van der Waals surface area contributed by atoms with Crippen molar-refractivity contribution in [1.82, 2.24) is 10.3 Å². The number of aromatic nitrogens is 1. The third-order valence-corrected chi connectivity index (χ3v) is 4.00. The first-order valence-electron chi connectivity index (χ1n) is 5.88. The molecule has 1 aliphatic carbocycles. The summed E-state index contributed by atoms with van der Waals surface area (Å²) in [5.74, 6) is 0.739. The van der Waals surface area contributed by atoms with Gasteiger partial charge in [0.2, 0.25) is 0 Å². The van der Waals surface area contributed by atoms with E-state index in [-0.39, 0.29) is 0 Å². The van der Waals surface area contributed by atoms with Gasteiger partial charge in [-0.25, -0.2) is 0 Å². The zero-order valence-corrected chi connectivity index (χ0v) is 10.7. The predicted octanol–water partition coefficient (Wildman–Crippen LogP) is 3.00. The summed E-state index contributed by atoms with van der Waals surface area (Å²) in [6.45, 7) is 1.18. The van der Waals surface area contributed by atoms with Crippen molar-refractivity contribution in [1.29, 1.82) is 0 Å². The lowest BCUT2D eigenvalue weighted by molar-refractivity contribution is 0.348. The van der Waals surface area contributed by atoms with Gasteiger partial charge in [-0.3, -0.25) is 4.98 Å². The highest BCUT2D eigenvalue weighted by Gasteiger charge is 2.29. The summed E-state index contributed by atoms with van der Waals surface area (Å²) in [5.41, 5.74) is 2.73. The van der Waals surface area contributed by atoms with E-state index in [1.807, 2.05) is 12.4 Å². The van der Waals surface area contributed by atoms with E-state index in [4.69, 9.17) is 0 Å². The van der Waals surface area contributed by atoms with Crippen LogP contribution in [0.15, 0.2) is 29.0 Å². The van der Waals surface area contributed by atoms with Gasteiger partial charge in [0.05, 0.1) is 0 Å². The molecule has 0 spiro atoms. The summed E-state index contributed by atoms with van der Waals surface area (Å²) >= 11 is 3.48. The van der Waals surface area contributed by atoms with Gasteiger partial charge in [0.25, 0.3) is 0 Å². The average molecular weight is 279 g/mol. The molecule has 16 heavy (non-hydrogen) atoms. The fourth-order valence-electron chi connectivity index (χ4n) is 2.77. The predicted molar refractivity (Wildman–Crippen MR) is 69.0 cm³/mol. The second-order valence-electron chi connectivity index (χ2n) is 4.65. The molecule has 1 aromatic rings. The van der Waals surface area contributed by atoms with Gasteiger partial charge in [0, 0.05) is 22.9 Å². The molecule has 0 saturated carbocycles. The summed E-state index contributed by atoms with van der Waals surface area (Å²) in [6.07, 6.45) is 10.0. The van der Waals surface area contributed by atoms with Crippen molar-refractivity contribution in [2.45, 2.75) is 25.3 Å². The van der Waals surface area contributed by atoms with E-state index in [1.165, 1.54) is 30.5 Å². The van der Waals surface area contributed by atoms with Crippen molar-refractivity contribution in [2.24, 2.45) is 5.92 Å². The van der Waals surface area contributed by atoms with E-state index < -0.39 is 0 Å². The summed E-state index contributed by atoms with van der Waals surface area (Å²) in [7, 11) is 0. The Hall–Kier alpha value is -0.670. The van der Waals surface area contributed by atoms with Crippen LogP contribution in [0, 0.1) is 5.92 Å². The Labute approximate surface area is 104 Å². The number of fused-ring (bicyclic) bond motifs is 1. The maximum Gasteiger partial charge on any atom is 0.0410 e. The van der Waals surface area contributed by atoms with E-state index in [2.05, 4.69) is 38.4 Å². The monoisotopic (exact) mass is 278 g/mol. The molecule has 84 valence electrons. The number of nitrogens with zero attached hydrogens (tertiary/aromatic N) is 1. The van der Waals surface area contributed by atoms with Crippen LogP contribution in [0.5, 0.6) is 0 Å². The zero-order valence-electron chi connectivity index (χ0n) is 9.12. The molecular formula is C13H15BrN2. The second kappa shape index (κ2) is 4.30. The standard InChI is InChI=1S/C13H15BrN2/c14-12-5-11(7-15-8-12)10-4-9-2-1-3-16-13(9)6-10/h4-5,7-9,13,16H,1-3,6H2/t9-,13+/m0/s1. The molecule has 3 rings (SSSR count). The highest BCUT2D eigenvalue weighted by atomic mass is 79.9. The molecule has 2 aliphatic rings. The summed E-state index contributed by atoms with van der Waals surface area (Å²) in [4.78, 5) is 4.24. The third-order valence-electron chi connectivity index (χ3n) is 3.57. The molecule has 0 bridgehead atoms. The van der Waals surface area contributed by atoms with Crippen LogP contribution in [-0.4, -0.2) is 17.6 Å². The van der Waals surface area contributed by atoms with Gasteiger partial charge in [-0.2, -0.15) is 0 Å². The van der Waals surface area contributed by atoms with Crippen LogP contribution < -0.4 is 5.32 Å². The van der Waals surface area contributed by atoms with Crippen molar-refractivity contribution >= 4 is 21.5 Å². The van der Waals surface area contributed by atoms with Gasteiger partial charge in [-0.15, -0.1) is 0 Å². The Morgan fingerprint density at radius 3 is 3.12 bits per heavy atom. The normalized spacial score (nSPS) is 28.7. The fraction of sp³-hybridized carbons (Fsp3) is 0.462. The van der Waals surface area contributed by atoms with Gasteiger partial charge < -0.3 is 5.32 Å². The van der Waals surface area contributed by atoms with Gasteiger partial charge in [-0.05, 0) is 64.9 Å². The summed E-state index contributed by atoms with van der Waals surface area (Å²) < 4.78 is 1.06. The van der Waals surface area contributed by atoms with Gasteiger partial charge in [0.1, 0.15) is 0 Å². The Bertz CT molecular complexity index is 428. The molecule has 1 N–H and O–H groups in total. The number of hydrogen-bond donors (Lipinski definition) is 1. The number of hydrogen-bond acceptors (Lipinski definition) is 2. The van der Waals surface area contributed by atoms with Crippen LogP contribution in [-0.2, 0) is 0 Å². The Morgan fingerprint density at radius 1 is 1.38 bits per heavy atom. The van der Waals surface area contributed by atoms with Gasteiger partial charge >= 0.3 is 0 Å². The quantitative estimate of drug-likeness (QED) is 0.854. The SMILES string of the molecule is Brc1cncc(C2=C[C@@H]3CCCN[C@@H]3C2)c1. The lowest BCUT2D eigenvalue weighted by Gasteiger charge is -2.25. The highest BCUT2D eigenvalue weighted by Crippen LogP contribution is 2.36. The number of pyridine rings is 1. The summed E-state index contributed by atoms with van der Waals surface area (Å²) in [5, 5.41) is 3.61. The van der Waals surface area contributed by atoms with Gasteiger partial charge in [-0.1, -0.05) is 6.08 Å².